The zero-order valence-corrected chi connectivity index (χ0v) is 11.2. The number of nitrogens with one attached hydrogen (secondary N) is 1. The zero-order valence-electron chi connectivity index (χ0n) is 11.2. The number of hydrogen-bond donors (Lipinski definition) is 1. The van der Waals surface area contributed by atoms with E-state index in [-0.39, 0.29) is 11.7 Å². The molecule has 3 rings (SSSR count). The molecule has 0 saturated carbocycles. The van der Waals surface area contributed by atoms with Gasteiger partial charge in [0.25, 0.3) is 5.69 Å². The fraction of sp³-hybridized carbons (Fsp3) is 0.188. The molecule has 0 radical (unpaired) electrons. The Bertz CT molecular complexity index is 724. The molecule has 0 heterocycles. The van der Waals surface area contributed by atoms with Crippen molar-refractivity contribution in [3.05, 3.63) is 69.3 Å². The summed E-state index contributed by atoms with van der Waals surface area (Å²) in [4.78, 5) is 10.7. The third-order valence-corrected chi connectivity index (χ3v) is 3.73. The first kappa shape index (κ1) is 13.1. The summed E-state index contributed by atoms with van der Waals surface area (Å²) in [5.74, 6) is 0. The van der Waals surface area contributed by atoms with Gasteiger partial charge in [-0.15, -0.1) is 0 Å². The van der Waals surface area contributed by atoms with Gasteiger partial charge in [0.1, 0.15) is 5.69 Å². The minimum absolute atomic E-state index is 0.0509. The number of nitriles is 1. The van der Waals surface area contributed by atoms with Gasteiger partial charge >= 0.3 is 0 Å². The van der Waals surface area contributed by atoms with Gasteiger partial charge < -0.3 is 5.32 Å². The molecule has 0 saturated heterocycles. The molecule has 2 aromatic carbocycles. The van der Waals surface area contributed by atoms with E-state index in [1.165, 1.54) is 17.2 Å². The van der Waals surface area contributed by atoms with E-state index < -0.39 is 4.92 Å². The average Bonchev–Trinajstić information content (AvgIpc) is 2.89. The van der Waals surface area contributed by atoms with Crippen molar-refractivity contribution in [1.29, 1.82) is 5.26 Å². The largest absolute Gasteiger partial charge is 0.376 e. The monoisotopic (exact) mass is 279 g/mol. The average molecular weight is 279 g/mol. The van der Waals surface area contributed by atoms with Gasteiger partial charge in [-0.25, -0.2) is 0 Å². The predicted octanol–water partition coefficient (Wildman–Crippen LogP) is 3.05. The van der Waals surface area contributed by atoms with Crippen LogP contribution in [-0.4, -0.2) is 11.0 Å². The summed E-state index contributed by atoms with van der Waals surface area (Å²) in [6, 6.07) is 14.8. The third-order valence-electron chi connectivity index (χ3n) is 3.73. The number of benzene rings is 2. The SMILES string of the molecule is N#Cc1ccc(NC2Cc3ccccc3C2)c([N+](=O)[O-])c1. The van der Waals surface area contributed by atoms with Gasteiger partial charge in [-0.2, -0.15) is 5.26 Å². The summed E-state index contributed by atoms with van der Waals surface area (Å²) in [5.41, 5.74) is 3.28. The highest BCUT2D eigenvalue weighted by Crippen LogP contribution is 2.29. The Labute approximate surface area is 122 Å². The van der Waals surface area contributed by atoms with Crippen LogP contribution in [0.2, 0.25) is 0 Å². The maximum Gasteiger partial charge on any atom is 0.293 e. The van der Waals surface area contributed by atoms with Crippen LogP contribution in [0, 0.1) is 21.4 Å². The number of nitro benzene ring substituents is 1. The standard InChI is InChI=1S/C16H13N3O2/c17-10-11-5-6-15(16(7-11)19(20)21)18-14-8-12-3-1-2-4-13(12)9-14/h1-7,14,18H,8-9H2. The molecular weight excluding hydrogens is 266 g/mol. The second-order valence-corrected chi connectivity index (χ2v) is 5.12. The van der Waals surface area contributed by atoms with Crippen molar-refractivity contribution < 1.29 is 4.92 Å². The molecular formula is C16H13N3O2. The molecule has 0 spiro atoms. The van der Waals surface area contributed by atoms with Crippen LogP contribution in [0.5, 0.6) is 0 Å². The van der Waals surface area contributed by atoms with Gasteiger partial charge in [0.2, 0.25) is 0 Å². The second-order valence-electron chi connectivity index (χ2n) is 5.12. The van der Waals surface area contributed by atoms with E-state index in [0.29, 0.717) is 11.3 Å². The molecule has 0 aromatic heterocycles. The molecule has 2 aromatic rings. The van der Waals surface area contributed by atoms with Gasteiger partial charge in [0.15, 0.2) is 0 Å². The molecule has 21 heavy (non-hydrogen) atoms. The van der Waals surface area contributed by atoms with Crippen molar-refractivity contribution in [1.82, 2.24) is 0 Å². The lowest BCUT2D eigenvalue weighted by Crippen LogP contribution is -2.20. The lowest BCUT2D eigenvalue weighted by molar-refractivity contribution is -0.384. The van der Waals surface area contributed by atoms with Crippen LogP contribution in [0.25, 0.3) is 0 Å². The van der Waals surface area contributed by atoms with Crippen molar-refractivity contribution >= 4 is 11.4 Å². The summed E-state index contributed by atoms with van der Waals surface area (Å²) in [6.45, 7) is 0. The number of fused-ring (bicyclic) bond motifs is 1. The van der Waals surface area contributed by atoms with Crippen LogP contribution in [0.15, 0.2) is 42.5 Å². The highest BCUT2D eigenvalue weighted by atomic mass is 16.6. The number of nitrogens with zero attached hydrogens (tertiary/aromatic N) is 2. The van der Waals surface area contributed by atoms with Crippen molar-refractivity contribution in [2.75, 3.05) is 5.32 Å². The molecule has 1 N–H and O–H groups in total. The van der Waals surface area contributed by atoms with Gasteiger partial charge in [0, 0.05) is 12.1 Å². The lowest BCUT2D eigenvalue weighted by Gasteiger charge is -2.13. The predicted molar refractivity (Wildman–Crippen MR) is 79.1 cm³/mol. The minimum atomic E-state index is -0.453. The summed E-state index contributed by atoms with van der Waals surface area (Å²) < 4.78 is 0. The molecule has 0 bridgehead atoms. The van der Waals surface area contributed by atoms with Crippen LogP contribution < -0.4 is 5.32 Å². The van der Waals surface area contributed by atoms with E-state index in [4.69, 9.17) is 5.26 Å². The van der Waals surface area contributed by atoms with Crippen LogP contribution in [0.4, 0.5) is 11.4 Å². The summed E-state index contributed by atoms with van der Waals surface area (Å²) in [5, 5.41) is 23.2. The Kier molecular flexibility index (Phi) is 3.28. The third kappa shape index (κ3) is 2.56. The maximum absolute atomic E-state index is 11.1. The molecule has 1 aliphatic carbocycles. The van der Waals surface area contributed by atoms with Crippen LogP contribution >= 0.6 is 0 Å². The van der Waals surface area contributed by atoms with E-state index in [1.54, 1.807) is 12.1 Å². The van der Waals surface area contributed by atoms with E-state index in [9.17, 15) is 10.1 Å². The smallest absolute Gasteiger partial charge is 0.293 e. The van der Waals surface area contributed by atoms with Gasteiger partial charge in [-0.3, -0.25) is 10.1 Å². The Morgan fingerprint density at radius 2 is 1.86 bits per heavy atom. The molecule has 1 aliphatic rings. The van der Waals surface area contributed by atoms with E-state index in [0.717, 1.165) is 12.8 Å². The van der Waals surface area contributed by atoms with Crippen molar-refractivity contribution in [3.63, 3.8) is 0 Å². The van der Waals surface area contributed by atoms with Gasteiger partial charge in [-0.1, -0.05) is 24.3 Å². The summed E-state index contributed by atoms with van der Waals surface area (Å²) >= 11 is 0. The Hall–Kier alpha value is -2.87. The molecule has 104 valence electrons. The molecule has 0 aliphatic heterocycles. The first-order valence-corrected chi connectivity index (χ1v) is 6.69. The molecule has 0 amide bonds. The van der Waals surface area contributed by atoms with Crippen molar-refractivity contribution in [2.45, 2.75) is 18.9 Å². The first-order chi connectivity index (χ1) is 10.2. The number of hydrogen-bond acceptors (Lipinski definition) is 4. The quantitative estimate of drug-likeness (QED) is 0.691. The van der Waals surface area contributed by atoms with Gasteiger partial charge in [0.05, 0.1) is 16.6 Å². The number of nitro groups is 1. The Balaban J connectivity index is 1.84. The fourth-order valence-electron chi connectivity index (χ4n) is 2.76. The summed E-state index contributed by atoms with van der Waals surface area (Å²) in [6.07, 6.45) is 1.71. The molecule has 5 nitrogen and oxygen atoms in total. The van der Waals surface area contributed by atoms with Crippen molar-refractivity contribution in [3.8, 4) is 6.07 Å². The molecule has 0 fully saturated rings. The van der Waals surface area contributed by atoms with E-state index >= 15 is 0 Å². The molecule has 0 atom stereocenters. The number of rotatable bonds is 3. The summed E-state index contributed by atoms with van der Waals surface area (Å²) in [7, 11) is 0. The highest BCUT2D eigenvalue weighted by molar-refractivity contribution is 5.65. The Morgan fingerprint density at radius 3 is 2.43 bits per heavy atom. The second kappa shape index (κ2) is 5.25. The maximum atomic E-state index is 11.1. The van der Waals surface area contributed by atoms with Crippen LogP contribution in [0.3, 0.4) is 0 Å². The van der Waals surface area contributed by atoms with Gasteiger partial charge in [-0.05, 0) is 36.1 Å². The molecule has 5 heteroatoms. The lowest BCUT2D eigenvalue weighted by atomic mass is 10.1. The van der Waals surface area contributed by atoms with E-state index in [2.05, 4.69) is 17.4 Å². The van der Waals surface area contributed by atoms with Crippen LogP contribution in [0.1, 0.15) is 16.7 Å². The minimum Gasteiger partial charge on any atom is -0.376 e. The van der Waals surface area contributed by atoms with Crippen molar-refractivity contribution in [2.24, 2.45) is 0 Å². The normalized spacial score (nSPS) is 13.5. The first-order valence-electron chi connectivity index (χ1n) is 6.69. The zero-order chi connectivity index (χ0) is 14.8. The fourth-order valence-corrected chi connectivity index (χ4v) is 2.76. The highest BCUT2D eigenvalue weighted by Gasteiger charge is 2.23. The Morgan fingerprint density at radius 1 is 1.19 bits per heavy atom. The van der Waals surface area contributed by atoms with Crippen LogP contribution in [-0.2, 0) is 12.8 Å². The molecule has 0 unspecified atom stereocenters. The number of anilines is 1. The topological polar surface area (TPSA) is 79.0 Å². The van der Waals surface area contributed by atoms with E-state index in [1.807, 2.05) is 18.2 Å².